The fourth-order valence-corrected chi connectivity index (χ4v) is 2.06. The molecule has 0 radical (unpaired) electrons. The molecule has 2 heteroatoms. The summed E-state index contributed by atoms with van der Waals surface area (Å²) >= 11 is 0. The van der Waals surface area contributed by atoms with Gasteiger partial charge in [0.15, 0.2) is 0 Å². The summed E-state index contributed by atoms with van der Waals surface area (Å²) in [6, 6.07) is 2.15. The van der Waals surface area contributed by atoms with Crippen molar-refractivity contribution in [2.24, 2.45) is 5.92 Å². The molecular formula is C13H28N2. The molecule has 15 heavy (non-hydrogen) atoms. The van der Waals surface area contributed by atoms with Crippen molar-refractivity contribution in [3.8, 4) is 0 Å². The van der Waals surface area contributed by atoms with Crippen molar-refractivity contribution in [2.45, 2.75) is 65.1 Å². The van der Waals surface area contributed by atoms with Gasteiger partial charge in [-0.05, 0) is 52.6 Å². The normalized spacial score (nSPS) is 21.0. The molecule has 0 spiro atoms. The van der Waals surface area contributed by atoms with E-state index in [1.807, 2.05) is 0 Å². The molecule has 0 amide bonds. The molecule has 1 aliphatic carbocycles. The lowest BCUT2D eigenvalue weighted by Gasteiger charge is -2.33. The molecule has 1 fully saturated rings. The first-order valence-electron chi connectivity index (χ1n) is 6.49. The van der Waals surface area contributed by atoms with Crippen LogP contribution >= 0.6 is 0 Å². The number of hydrogen-bond acceptors (Lipinski definition) is 2. The Kier molecular flexibility index (Phi) is 5.07. The lowest BCUT2D eigenvalue weighted by Crippen LogP contribution is -2.47. The van der Waals surface area contributed by atoms with Crippen molar-refractivity contribution in [3.63, 3.8) is 0 Å². The summed E-state index contributed by atoms with van der Waals surface area (Å²) in [7, 11) is 2.06. The summed E-state index contributed by atoms with van der Waals surface area (Å²) in [6.45, 7) is 10.6. The van der Waals surface area contributed by atoms with Crippen LogP contribution in [0.25, 0.3) is 0 Å². The molecular weight excluding hydrogens is 184 g/mol. The van der Waals surface area contributed by atoms with Crippen LogP contribution in [-0.4, -0.2) is 36.6 Å². The first-order valence-corrected chi connectivity index (χ1v) is 6.49. The zero-order chi connectivity index (χ0) is 11.4. The standard InChI is InChI=1S/C13H28N2/c1-10(2)8-9-15(13-6-7-13)12(4)11(3)14-5/h10-14H,6-9H2,1-5H3. The Morgan fingerprint density at radius 1 is 1.20 bits per heavy atom. The Labute approximate surface area is 95.4 Å². The van der Waals surface area contributed by atoms with Crippen molar-refractivity contribution >= 4 is 0 Å². The second-order valence-electron chi connectivity index (χ2n) is 5.47. The Bertz CT molecular complexity index is 175. The van der Waals surface area contributed by atoms with E-state index in [-0.39, 0.29) is 0 Å². The van der Waals surface area contributed by atoms with Crippen molar-refractivity contribution < 1.29 is 0 Å². The van der Waals surface area contributed by atoms with Crippen LogP contribution in [0.1, 0.15) is 47.0 Å². The third-order valence-corrected chi connectivity index (χ3v) is 3.68. The Balaban J connectivity index is 2.41. The minimum absolute atomic E-state index is 0.595. The molecule has 1 rings (SSSR count). The van der Waals surface area contributed by atoms with E-state index in [0.29, 0.717) is 12.1 Å². The predicted octanol–water partition coefficient (Wildman–Crippen LogP) is 2.49. The van der Waals surface area contributed by atoms with Crippen LogP contribution in [0.5, 0.6) is 0 Å². The van der Waals surface area contributed by atoms with E-state index >= 15 is 0 Å². The molecule has 0 aromatic carbocycles. The molecule has 0 saturated heterocycles. The predicted molar refractivity (Wildman–Crippen MR) is 67.2 cm³/mol. The Morgan fingerprint density at radius 3 is 2.20 bits per heavy atom. The van der Waals surface area contributed by atoms with Crippen LogP contribution in [0, 0.1) is 5.92 Å². The number of nitrogens with zero attached hydrogens (tertiary/aromatic N) is 1. The first kappa shape index (κ1) is 13.0. The minimum Gasteiger partial charge on any atom is -0.316 e. The van der Waals surface area contributed by atoms with Gasteiger partial charge in [0.05, 0.1) is 0 Å². The van der Waals surface area contributed by atoms with Crippen LogP contribution in [0.4, 0.5) is 0 Å². The molecule has 0 heterocycles. The van der Waals surface area contributed by atoms with E-state index in [0.717, 1.165) is 12.0 Å². The molecule has 1 saturated carbocycles. The maximum atomic E-state index is 3.37. The van der Waals surface area contributed by atoms with Crippen LogP contribution in [-0.2, 0) is 0 Å². The Hall–Kier alpha value is -0.0800. The maximum absolute atomic E-state index is 3.37. The minimum atomic E-state index is 0.595. The molecule has 0 bridgehead atoms. The molecule has 90 valence electrons. The maximum Gasteiger partial charge on any atom is 0.0221 e. The summed E-state index contributed by atoms with van der Waals surface area (Å²) in [5, 5.41) is 3.37. The highest BCUT2D eigenvalue weighted by Crippen LogP contribution is 2.29. The number of likely N-dealkylation sites (N-methyl/N-ethyl adjacent to an activating group) is 1. The number of hydrogen-bond donors (Lipinski definition) is 1. The fraction of sp³-hybridized carbons (Fsp3) is 1.00. The van der Waals surface area contributed by atoms with Crippen molar-refractivity contribution in [1.29, 1.82) is 0 Å². The number of rotatable bonds is 7. The van der Waals surface area contributed by atoms with Gasteiger partial charge in [-0.25, -0.2) is 0 Å². The molecule has 0 aliphatic heterocycles. The van der Waals surface area contributed by atoms with E-state index in [9.17, 15) is 0 Å². The van der Waals surface area contributed by atoms with Crippen molar-refractivity contribution in [3.05, 3.63) is 0 Å². The first-order chi connectivity index (χ1) is 7.06. The van der Waals surface area contributed by atoms with Gasteiger partial charge in [-0.1, -0.05) is 13.8 Å². The lowest BCUT2D eigenvalue weighted by molar-refractivity contribution is 0.160. The highest BCUT2D eigenvalue weighted by Gasteiger charge is 2.33. The molecule has 0 aromatic heterocycles. The monoisotopic (exact) mass is 212 g/mol. The third kappa shape index (κ3) is 4.12. The molecule has 2 nitrogen and oxygen atoms in total. The number of nitrogens with one attached hydrogen (secondary N) is 1. The van der Waals surface area contributed by atoms with E-state index in [1.54, 1.807) is 0 Å². The SMILES string of the molecule is CNC(C)C(C)N(CCC(C)C)C1CC1. The van der Waals surface area contributed by atoms with Gasteiger partial charge in [-0.2, -0.15) is 0 Å². The second kappa shape index (κ2) is 5.86. The average Bonchev–Trinajstić information content (AvgIpc) is 3.00. The quantitative estimate of drug-likeness (QED) is 0.697. The van der Waals surface area contributed by atoms with Crippen LogP contribution in [0.3, 0.4) is 0 Å². The van der Waals surface area contributed by atoms with Gasteiger partial charge in [-0.3, -0.25) is 4.90 Å². The van der Waals surface area contributed by atoms with E-state index in [4.69, 9.17) is 0 Å². The average molecular weight is 212 g/mol. The van der Waals surface area contributed by atoms with E-state index in [1.165, 1.54) is 25.8 Å². The summed E-state index contributed by atoms with van der Waals surface area (Å²) in [5.74, 6) is 0.823. The highest BCUT2D eigenvalue weighted by molar-refractivity contribution is 4.90. The topological polar surface area (TPSA) is 15.3 Å². The fourth-order valence-electron chi connectivity index (χ4n) is 2.06. The van der Waals surface area contributed by atoms with Crippen LogP contribution in [0.15, 0.2) is 0 Å². The second-order valence-corrected chi connectivity index (χ2v) is 5.47. The van der Waals surface area contributed by atoms with Gasteiger partial charge < -0.3 is 5.32 Å². The van der Waals surface area contributed by atoms with E-state index in [2.05, 4.69) is 45.0 Å². The zero-order valence-electron chi connectivity index (χ0n) is 11.1. The third-order valence-electron chi connectivity index (χ3n) is 3.68. The highest BCUT2D eigenvalue weighted by atomic mass is 15.2. The van der Waals surface area contributed by atoms with Gasteiger partial charge in [-0.15, -0.1) is 0 Å². The molecule has 0 aromatic rings. The Morgan fingerprint density at radius 2 is 1.80 bits per heavy atom. The molecule has 1 N–H and O–H groups in total. The van der Waals surface area contributed by atoms with Crippen LogP contribution in [0.2, 0.25) is 0 Å². The van der Waals surface area contributed by atoms with E-state index < -0.39 is 0 Å². The van der Waals surface area contributed by atoms with Gasteiger partial charge in [0, 0.05) is 18.1 Å². The van der Waals surface area contributed by atoms with Gasteiger partial charge in [0.2, 0.25) is 0 Å². The largest absolute Gasteiger partial charge is 0.316 e. The summed E-state index contributed by atoms with van der Waals surface area (Å²) in [5.41, 5.74) is 0. The summed E-state index contributed by atoms with van der Waals surface area (Å²) in [4.78, 5) is 2.71. The van der Waals surface area contributed by atoms with Gasteiger partial charge >= 0.3 is 0 Å². The van der Waals surface area contributed by atoms with Crippen molar-refractivity contribution in [2.75, 3.05) is 13.6 Å². The zero-order valence-corrected chi connectivity index (χ0v) is 11.1. The summed E-state index contributed by atoms with van der Waals surface area (Å²) in [6.07, 6.45) is 4.16. The lowest BCUT2D eigenvalue weighted by atomic mass is 10.1. The van der Waals surface area contributed by atoms with Crippen LogP contribution < -0.4 is 5.32 Å². The molecule has 2 atom stereocenters. The molecule has 2 unspecified atom stereocenters. The summed E-state index contributed by atoms with van der Waals surface area (Å²) < 4.78 is 0. The van der Waals surface area contributed by atoms with Gasteiger partial charge in [0.25, 0.3) is 0 Å². The van der Waals surface area contributed by atoms with Gasteiger partial charge in [0.1, 0.15) is 0 Å². The molecule has 1 aliphatic rings. The van der Waals surface area contributed by atoms with Crippen molar-refractivity contribution in [1.82, 2.24) is 10.2 Å². The smallest absolute Gasteiger partial charge is 0.0221 e.